The molecule has 0 saturated carbocycles. The number of hydrogen-bond acceptors (Lipinski definition) is 5. The van der Waals surface area contributed by atoms with E-state index >= 15 is 0 Å². The minimum Gasteiger partial charge on any atom is -0.338 e. The van der Waals surface area contributed by atoms with Crippen molar-refractivity contribution in [3.05, 3.63) is 79.1 Å². The van der Waals surface area contributed by atoms with Crippen LogP contribution >= 0.6 is 0 Å². The second-order valence-corrected chi connectivity index (χ2v) is 9.11. The van der Waals surface area contributed by atoms with Crippen molar-refractivity contribution in [2.75, 3.05) is 5.32 Å². The Kier molecular flexibility index (Phi) is 5.45. The van der Waals surface area contributed by atoms with Crippen LogP contribution in [-0.2, 0) is 4.79 Å². The number of carbonyl (C=O) groups is 1. The molecule has 1 amide bonds. The number of aromatic amines is 2. The van der Waals surface area contributed by atoms with Gasteiger partial charge in [-0.25, -0.2) is 9.37 Å². The van der Waals surface area contributed by atoms with Crippen molar-refractivity contribution in [3.8, 4) is 33.8 Å². The van der Waals surface area contributed by atoms with Crippen molar-refractivity contribution in [2.24, 2.45) is 5.92 Å². The van der Waals surface area contributed by atoms with Gasteiger partial charge >= 0.3 is 0 Å². The van der Waals surface area contributed by atoms with Gasteiger partial charge in [-0.1, -0.05) is 26.0 Å². The van der Waals surface area contributed by atoms with E-state index in [1.807, 2.05) is 44.2 Å². The Morgan fingerprint density at radius 2 is 1.86 bits per heavy atom. The van der Waals surface area contributed by atoms with E-state index in [2.05, 4.69) is 35.5 Å². The lowest BCUT2D eigenvalue weighted by Gasteiger charge is -2.08. The molecule has 8 nitrogen and oxygen atoms in total. The van der Waals surface area contributed by atoms with Gasteiger partial charge in [-0.05, 0) is 47.5 Å². The lowest BCUT2D eigenvalue weighted by Crippen LogP contribution is -2.17. The molecule has 182 valence electrons. The van der Waals surface area contributed by atoms with Crippen LogP contribution in [0.25, 0.3) is 55.7 Å². The monoisotopic (exact) mass is 491 g/mol. The summed E-state index contributed by atoms with van der Waals surface area (Å²) in [6, 6.07) is 14.1. The largest absolute Gasteiger partial charge is 0.338 e. The van der Waals surface area contributed by atoms with Crippen LogP contribution in [0, 0.1) is 11.7 Å². The van der Waals surface area contributed by atoms with Crippen LogP contribution in [0.1, 0.15) is 13.8 Å². The van der Waals surface area contributed by atoms with E-state index in [9.17, 15) is 9.18 Å². The van der Waals surface area contributed by atoms with Crippen molar-refractivity contribution in [1.82, 2.24) is 30.1 Å². The maximum Gasteiger partial charge on any atom is 0.226 e. The standard InChI is InChI=1S/C28H22FN7O/c1-15(2)28(37)33-19-9-17(12-30-13-19)23-11-22-25(14-32-23)35-36-26(22)24-10-21-20(6-7-31-27(21)34-24)16-4-3-5-18(29)8-16/h3-15H,1-2H3,(H,31,34)(H,33,37)(H,35,36). The molecule has 5 aromatic heterocycles. The molecule has 0 fully saturated rings. The molecule has 37 heavy (non-hydrogen) atoms. The summed E-state index contributed by atoms with van der Waals surface area (Å²) in [7, 11) is 0. The number of halogens is 1. The molecular formula is C28H22FN7O. The predicted octanol–water partition coefficient (Wildman–Crippen LogP) is 5.96. The first-order chi connectivity index (χ1) is 18.0. The maximum absolute atomic E-state index is 13.9. The number of fused-ring (bicyclic) bond motifs is 2. The highest BCUT2D eigenvalue weighted by atomic mass is 19.1. The average Bonchev–Trinajstić information content (AvgIpc) is 3.52. The van der Waals surface area contributed by atoms with Crippen LogP contribution in [0.5, 0.6) is 0 Å². The molecule has 0 radical (unpaired) electrons. The number of anilines is 1. The van der Waals surface area contributed by atoms with Crippen LogP contribution < -0.4 is 5.32 Å². The van der Waals surface area contributed by atoms with E-state index in [1.54, 1.807) is 30.9 Å². The highest BCUT2D eigenvalue weighted by molar-refractivity contribution is 6.00. The highest BCUT2D eigenvalue weighted by Gasteiger charge is 2.16. The van der Waals surface area contributed by atoms with Crippen LogP contribution in [-0.4, -0.2) is 36.0 Å². The molecule has 0 atom stereocenters. The highest BCUT2D eigenvalue weighted by Crippen LogP contribution is 2.34. The minimum atomic E-state index is -0.293. The van der Waals surface area contributed by atoms with Crippen LogP contribution in [0.4, 0.5) is 10.1 Å². The van der Waals surface area contributed by atoms with E-state index in [4.69, 9.17) is 0 Å². The van der Waals surface area contributed by atoms with E-state index in [-0.39, 0.29) is 17.6 Å². The van der Waals surface area contributed by atoms with Gasteiger partial charge in [0.1, 0.15) is 17.2 Å². The third-order valence-corrected chi connectivity index (χ3v) is 6.20. The van der Waals surface area contributed by atoms with E-state index < -0.39 is 0 Å². The Labute approximate surface area is 211 Å². The van der Waals surface area contributed by atoms with Gasteiger partial charge in [-0.15, -0.1) is 0 Å². The quantitative estimate of drug-likeness (QED) is 0.275. The van der Waals surface area contributed by atoms with Crippen molar-refractivity contribution in [1.29, 1.82) is 0 Å². The Hall–Kier alpha value is -4.92. The molecule has 3 N–H and O–H groups in total. The first-order valence-electron chi connectivity index (χ1n) is 11.8. The maximum atomic E-state index is 13.9. The van der Waals surface area contributed by atoms with Gasteiger partial charge < -0.3 is 10.3 Å². The molecule has 0 aliphatic heterocycles. The second kappa shape index (κ2) is 8.94. The predicted molar refractivity (Wildman–Crippen MR) is 141 cm³/mol. The molecule has 0 aliphatic rings. The van der Waals surface area contributed by atoms with E-state index in [1.165, 1.54) is 12.1 Å². The summed E-state index contributed by atoms with van der Waals surface area (Å²) in [5.41, 5.74) is 6.64. The fraction of sp³-hybridized carbons (Fsp3) is 0.107. The summed E-state index contributed by atoms with van der Waals surface area (Å²) in [6.45, 7) is 3.67. The van der Waals surface area contributed by atoms with Crippen molar-refractivity contribution in [2.45, 2.75) is 13.8 Å². The summed E-state index contributed by atoms with van der Waals surface area (Å²) in [5.74, 6) is -0.512. The molecule has 6 aromatic rings. The zero-order chi connectivity index (χ0) is 25.5. The SMILES string of the molecule is CC(C)C(=O)Nc1cncc(-c2cc3c(-c4cc5c(-c6cccc(F)c6)ccnc5[nH]4)n[nH]c3cn2)c1. The third-order valence-electron chi connectivity index (χ3n) is 6.20. The van der Waals surface area contributed by atoms with Gasteiger partial charge in [-0.2, -0.15) is 5.10 Å². The molecule has 0 spiro atoms. The summed E-state index contributed by atoms with van der Waals surface area (Å²) >= 11 is 0. The lowest BCUT2D eigenvalue weighted by molar-refractivity contribution is -0.118. The zero-order valence-electron chi connectivity index (χ0n) is 20.1. The Morgan fingerprint density at radius 3 is 2.70 bits per heavy atom. The summed E-state index contributed by atoms with van der Waals surface area (Å²) in [4.78, 5) is 28.8. The molecule has 0 unspecified atom stereocenters. The third kappa shape index (κ3) is 4.20. The van der Waals surface area contributed by atoms with Crippen LogP contribution in [0.3, 0.4) is 0 Å². The first-order valence-corrected chi connectivity index (χ1v) is 11.8. The van der Waals surface area contributed by atoms with E-state index in [0.717, 1.165) is 38.7 Å². The van der Waals surface area contributed by atoms with E-state index in [0.29, 0.717) is 22.7 Å². The Bertz CT molecular complexity index is 1790. The number of nitrogens with one attached hydrogen (secondary N) is 3. The molecule has 9 heteroatoms. The van der Waals surface area contributed by atoms with Crippen molar-refractivity contribution >= 4 is 33.5 Å². The fourth-order valence-corrected chi connectivity index (χ4v) is 4.28. The van der Waals surface area contributed by atoms with Gasteiger partial charge in [0.15, 0.2) is 0 Å². The minimum absolute atomic E-state index is 0.0792. The van der Waals surface area contributed by atoms with Gasteiger partial charge in [-0.3, -0.25) is 19.9 Å². The first kappa shape index (κ1) is 22.5. The zero-order valence-corrected chi connectivity index (χ0v) is 20.1. The number of nitrogens with zero attached hydrogens (tertiary/aromatic N) is 4. The Balaban J connectivity index is 1.41. The molecule has 0 bridgehead atoms. The number of pyridine rings is 3. The molecule has 0 saturated heterocycles. The number of H-pyrrole nitrogens is 2. The van der Waals surface area contributed by atoms with Gasteiger partial charge in [0.25, 0.3) is 0 Å². The average molecular weight is 492 g/mol. The number of benzene rings is 1. The summed E-state index contributed by atoms with van der Waals surface area (Å²) in [5, 5.41) is 12.2. The van der Waals surface area contributed by atoms with Gasteiger partial charge in [0, 0.05) is 34.6 Å². The summed E-state index contributed by atoms with van der Waals surface area (Å²) in [6.07, 6.45) is 6.74. The molecule has 6 rings (SSSR count). The molecular weight excluding hydrogens is 469 g/mol. The Morgan fingerprint density at radius 1 is 0.973 bits per heavy atom. The summed E-state index contributed by atoms with van der Waals surface area (Å²) < 4.78 is 13.9. The normalized spacial score (nSPS) is 11.5. The number of carbonyl (C=O) groups excluding carboxylic acids is 1. The fourth-order valence-electron chi connectivity index (χ4n) is 4.28. The lowest BCUT2D eigenvalue weighted by atomic mass is 10.0. The molecule has 0 aliphatic carbocycles. The van der Waals surface area contributed by atoms with Crippen LogP contribution in [0.2, 0.25) is 0 Å². The second-order valence-electron chi connectivity index (χ2n) is 9.11. The molecule has 1 aromatic carbocycles. The number of rotatable bonds is 5. The van der Waals surface area contributed by atoms with Gasteiger partial charge in [0.2, 0.25) is 5.91 Å². The van der Waals surface area contributed by atoms with Gasteiger partial charge in [0.05, 0.1) is 35.0 Å². The number of hydrogen-bond donors (Lipinski definition) is 3. The topological polar surface area (TPSA) is 112 Å². The van der Waals surface area contributed by atoms with Crippen molar-refractivity contribution < 1.29 is 9.18 Å². The molecule has 5 heterocycles. The van der Waals surface area contributed by atoms with Crippen LogP contribution in [0.15, 0.2) is 73.3 Å². The number of aromatic nitrogens is 6. The smallest absolute Gasteiger partial charge is 0.226 e. The number of amides is 1. The van der Waals surface area contributed by atoms with Crippen molar-refractivity contribution in [3.63, 3.8) is 0 Å².